The summed E-state index contributed by atoms with van der Waals surface area (Å²) in [5, 5.41) is 1.10. The van der Waals surface area contributed by atoms with Crippen LogP contribution in [0, 0.1) is 0 Å². The molecular formula is C17H17Cl2NO. The SMILES string of the molecule is CCOc1ccccc1C=NC(C)c1cccc(Cl)c1Cl. The van der Waals surface area contributed by atoms with Gasteiger partial charge >= 0.3 is 0 Å². The number of halogens is 2. The summed E-state index contributed by atoms with van der Waals surface area (Å²) in [6.07, 6.45) is 1.81. The predicted octanol–water partition coefficient (Wildman–Crippen LogP) is 5.57. The number of benzene rings is 2. The summed E-state index contributed by atoms with van der Waals surface area (Å²) in [5.41, 5.74) is 1.86. The quantitative estimate of drug-likeness (QED) is 0.659. The van der Waals surface area contributed by atoms with Gasteiger partial charge in [0.25, 0.3) is 0 Å². The molecule has 2 aromatic rings. The van der Waals surface area contributed by atoms with Gasteiger partial charge < -0.3 is 4.74 Å². The molecule has 2 aromatic carbocycles. The molecule has 0 spiro atoms. The first-order chi connectivity index (χ1) is 10.1. The highest BCUT2D eigenvalue weighted by Crippen LogP contribution is 2.31. The van der Waals surface area contributed by atoms with Crippen molar-refractivity contribution in [2.45, 2.75) is 19.9 Å². The lowest BCUT2D eigenvalue weighted by Crippen LogP contribution is -1.97. The average Bonchev–Trinajstić information content (AvgIpc) is 2.49. The molecule has 21 heavy (non-hydrogen) atoms. The van der Waals surface area contributed by atoms with Crippen molar-refractivity contribution in [2.75, 3.05) is 6.61 Å². The second-order valence-electron chi connectivity index (χ2n) is 4.57. The zero-order valence-electron chi connectivity index (χ0n) is 12.0. The van der Waals surface area contributed by atoms with Gasteiger partial charge in [-0.2, -0.15) is 0 Å². The highest BCUT2D eigenvalue weighted by atomic mass is 35.5. The maximum atomic E-state index is 6.22. The summed E-state index contributed by atoms with van der Waals surface area (Å²) in [6.45, 7) is 4.57. The number of para-hydroxylation sites is 1. The van der Waals surface area contributed by atoms with Crippen LogP contribution in [0.1, 0.15) is 31.0 Å². The standard InChI is InChI=1S/C17H17Cl2NO/c1-3-21-16-10-5-4-7-13(16)11-20-12(2)14-8-6-9-15(18)17(14)19/h4-12H,3H2,1-2H3. The molecule has 1 unspecified atom stereocenters. The van der Waals surface area contributed by atoms with E-state index >= 15 is 0 Å². The van der Waals surface area contributed by atoms with Crippen LogP contribution >= 0.6 is 23.2 Å². The second kappa shape index (κ2) is 7.48. The minimum absolute atomic E-state index is 0.0779. The number of nitrogens with zero attached hydrogens (tertiary/aromatic N) is 1. The van der Waals surface area contributed by atoms with Gasteiger partial charge in [0.2, 0.25) is 0 Å². The highest BCUT2D eigenvalue weighted by Gasteiger charge is 2.10. The van der Waals surface area contributed by atoms with Gasteiger partial charge in [0.15, 0.2) is 0 Å². The molecule has 0 radical (unpaired) electrons. The Morgan fingerprint density at radius 1 is 1.14 bits per heavy atom. The molecule has 0 bridgehead atoms. The third kappa shape index (κ3) is 3.99. The average molecular weight is 322 g/mol. The van der Waals surface area contributed by atoms with Crippen LogP contribution < -0.4 is 4.74 Å². The molecule has 0 aliphatic carbocycles. The normalized spacial score (nSPS) is 12.6. The summed E-state index contributed by atoms with van der Waals surface area (Å²) >= 11 is 12.3. The molecule has 0 aromatic heterocycles. The molecule has 0 saturated heterocycles. The van der Waals surface area contributed by atoms with E-state index in [9.17, 15) is 0 Å². The highest BCUT2D eigenvalue weighted by molar-refractivity contribution is 6.42. The number of hydrogen-bond donors (Lipinski definition) is 0. The summed E-state index contributed by atoms with van der Waals surface area (Å²) in [7, 11) is 0. The Balaban J connectivity index is 2.23. The third-order valence-corrected chi connectivity index (χ3v) is 3.92. The number of aliphatic imine (C=N–C) groups is 1. The van der Waals surface area contributed by atoms with Gasteiger partial charge in [0, 0.05) is 11.8 Å². The zero-order valence-corrected chi connectivity index (χ0v) is 13.5. The van der Waals surface area contributed by atoms with Crippen molar-refractivity contribution in [1.29, 1.82) is 0 Å². The van der Waals surface area contributed by atoms with E-state index in [1.807, 2.05) is 56.5 Å². The van der Waals surface area contributed by atoms with Gasteiger partial charge in [-0.25, -0.2) is 0 Å². The lowest BCUT2D eigenvalue weighted by atomic mass is 10.1. The van der Waals surface area contributed by atoms with Crippen molar-refractivity contribution in [2.24, 2.45) is 4.99 Å². The fourth-order valence-electron chi connectivity index (χ4n) is 1.99. The van der Waals surface area contributed by atoms with E-state index in [4.69, 9.17) is 27.9 Å². The second-order valence-corrected chi connectivity index (χ2v) is 5.35. The van der Waals surface area contributed by atoms with E-state index in [-0.39, 0.29) is 6.04 Å². The van der Waals surface area contributed by atoms with Crippen LogP contribution in [-0.4, -0.2) is 12.8 Å². The summed E-state index contributed by atoms with van der Waals surface area (Å²) in [6, 6.07) is 13.3. The van der Waals surface area contributed by atoms with Crippen molar-refractivity contribution >= 4 is 29.4 Å². The smallest absolute Gasteiger partial charge is 0.128 e. The number of rotatable bonds is 5. The van der Waals surface area contributed by atoms with Crippen LogP contribution in [0.3, 0.4) is 0 Å². The summed E-state index contributed by atoms with van der Waals surface area (Å²) < 4.78 is 5.58. The number of ether oxygens (including phenoxy) is 1. The first-order valence-corrected chi connectivity index (χ1v) is 7.58. The maximum Gasteiger partial charge on any atom is 0.128 e. The minimum atomic E-state index is -0.0779. The van der Waals surface area contributed by atoms with E-state index in [1.165, 1.54) is 0 Å². The third-order valence-electron chi connectivity index (χ3n) is 3.09. The van der Waals surface area contributed by atoms with Crippen molar-refractivity contribution in [3.8, 4) is 5.75 Å². The first kappa shape index (κ1) is 15.9. The summed E-state index contributed by atoms with van der Waals surface area (Å²) in [4.78, 5) is 4.56. The van der Waals surface area contributed by atoms with E-state index in [0.29, 0.717) is 16.7 Å². The molecular weight excluding hydrogens is 305 g/mol. The van der Waals surface area contributed by atoms with Crippen LogP contribution in [0.25, 0.3) is 0 Å². The molecule has 1 atom stereocenters. The van der Waals surface area contributed by atoms with Crippen LogP contribution in [0.4, 0.5) is 0 Å². The molecule has 0 N–H and O–H groups in total. The van der Waals surface area contributed by atoms with E-state index in [1.54, 1.807) is 6.07 Å². The van der Waals surface area contributed by atoms with Crippen molar-refractivity contribution in [1.82, 2.24) is 0 Å². The molecule has 110 valence electrons. The first-order valence-electron chi connectivity index (χ1n) is 6.82. The topological polar surface area (TPSA) is 21.6 Å². The van der Waals surface area contributed by atoms with Crippen LogP contribution in [-0.2, 0) is 0 Å². The zero-order chi connectivity index (χ0) is 15.2. The van der Waals surface area contributed by atoms with Crippen LogP contribution in [0.2, 0.25) is 10.0 Å². The fourth-order valence-corrected chi connectivity index (χ4v) is 2.46. The van der Waals surface area contributed by atoms with Gasteiger partial charge in [-0.1, -0.05) is 47.5 Å². The predicted molar refractivity (Wildman–Crippen MR) is 90.1 cm³/mol. The van der Waals surface area contributed by atoms with Gasteiger partial charge in [-0.3, -0.25) is 4.99 Å². The van der Waals surface area contributed by atoms with Crippen molar-refractivity contribution < 1.29 is 4.74 Å². The van der Waals surface area contributed by atoms with Gasteiger partial charge in [0.1, 0.15) is 5.75 Å². The lowest BCUT2D eigenvalue weighted by molar-refractivity contribution is 0.340. The molecule has 0 fully saturated rings. The Hall–Kier alpha value is -1.51. The molecule has 0 heterocycles. The van der Waals surface area contributed by atoms with Crippen molar-refractivity contribution in [3.05, 3.63) is 63.6 Å². The Kier molecular flexibility index (Phi) is 5.66. The van der Waals surface area contributed by atoms with Crippen LogP contribution in [0.15, 0.2) is 47.5 Å². The minimum Gasteiger partial charge on any atom is -0.493 e. The van der Waals surface area contributed by atoms with E-state index in [2.05, 4.69) is 4.99 Å². The number of hydrogen-bond acceptors (Lipinski definition) is 2. The van der Waals surface area contributed by atoms with Gasteiger partial charge in [-0.15, -0.1) is 0 Å². The Bertz CT molecular complexity index is 640. The van der Waals surface area contributed by atoms with Crippen LogP contribution in [0.5, 0.6) is 5.75 Å². The molecule has 0 aliphatic heterocycles. The van der Waals surface area contributed by atoms with E-state index in [0.717, 1.165) is 16.9 Å². The Morgan fingerprint density at radius 3 is 2.67 bits per heavy atom. The molecule has 2 rings (SSSR count). The van der Waals surface area contributed by atoms with Gasteiger partial charge in [0.05, 0.1) is 22.7 Å². The molecule has 0 amide bonds. The van der Waals surface area contributed by atoms with Gasteiger partial charge in [-0.05, 0) is 37.6 Å². The monoisotopic (exact) mass is 321 g/mol. The Labute approximate surface area is 135 Å². The largest absolute Gasteiger partial charge is 0.493 e. The molecule has 2 nitrogen and oxygen atoms in total. The maximum absolute atomic E-state index is 6.22. The molecule has 0 saturated carbocycles. The Morgan fingerprint density at radius 2 is 1.90 bits per heavy atom. The van der Waals surface area contributed by atoms with E-state index < -0.39 is 0 Å². The molecule has 0 aliphatic rings. The lowest BCUT2D eigenvalue weighted by Gasteiger charge is -2.11. The van der Waals surface area contributed by atoms with Crippen molar-refractivity contribution in [3.63, 3.8) is 0 Å². The molecule has 4 heteroatoms. The summed E-state index contributed by atoms with van der Waals surface area (Å²) in [5.74, 6) is 0.827. The fraction of sp³-hybridized carbons (Fsp3) is 0.235.